The number of nitrogens with zero attached hydrogens (tertiary/aromatic N) is 2. The van der Waals surface area contributed by atoms with Crippen molar-refractivity contribution >= 4 is 75.9 Å². The molecule has 0 N–H and O–H groups in total. The van der Waals surface area contributed by atoms with Crippen LogP contribution in [0.5, 0.6) is 0 Å². The van der Waals surface area contributed by atoms with Crippen LogP contribution in [0, 0.1) is 0 Å². The molecule has 2 aromatic heterocycles. The van der Waals surface area contributed by atoms with Crippen LogP contribution in [0.4, 0.5) is 0 Å². The van der Waals surface area contributed by atoms with Gasteiger partial charge >= 0.3 is 0 Å². The molecule has 0 aliphatic carbocycles. The molecule has 0 aliphatic rings. The van der Waals surface area contributed by atoms with Crippen LogP contribution in [-0.4, -0.2) is 9.97 Å². The molecular weight excluding hydrogens is 693 g/mol. The molecule has 0 saturated heterocycles. The van der Waals surface area contributed by atoms with E-state index < -0.39 is 0 Å². The summed E-state index contributed by atoms with van der Waals surface area (Å²) >= 11 is 0. The molecule has 12 aromatic rings. The van der Waals surface area contributed by atoms with Gasteiger partial charge in [0.25, 0.3) is 0 Å². The summed E-state index contributed by atoms with van der Waals surface area (Å²) in [7, 11) is 0. The molecule has 0 radical (unpaired) electrons. The molecule has 12 rings (SSSR count). The van der Waals surface area contributed by atoms with Gasteiger partial charge in [0.1, 0.15) is 16.8 Å². The zero-order chi connectivity index (χ0) is 37.5. The molecule has 57 heavy (non-hydrogen) atoms. The molecule has 10 aromatic carbocycles. The van der Waals surface area contributed by atoms with E-state index >= 15 is 0 Å². The summed E-state index contributed by atoms with van der Waals surface area (Å²) in [5, 5.41) is 13.2. The number of fused-ring (bicyclic) bond motifs is 14. The Morgan fingerprint density at radius 1 is 0.281 bits per heavy atom. The van der Waals surface area contributed by atoms with E-state index in [2.05, 4.69) is 176 Å². The molecule has 0 saturated carbocycles. The van der Waals surface area contributed by atoms with E-state index in [9.17, 15) is 0 Å². The molecule has 2 heterocycles. The maximum Gasteiger partial charge on any atom is 0.180 e. The highest BCUT2D eigenvalue weighted by atomic mass is 16.3. The van der Waals surface area contributed by atoms with Gasteiger partial charge in [0, 0.05) is 16.5 Å². The zero-order valence-corrected chi connectivity index (χ0v) is 30.8. The number of rotatable bonds is 4. The number of hydrogen-bond acceptors (Lipinski definition) is 3. The van der Waals surface area contributed by atoms with Crippen LogP contribution >= 0.6 is 0 Å². The minimum atomic E-state index is 0.660. The van der Waals surface area contributed by atoms with Gasteiger partial charge in [-0.15, -0.1) is 0 Å². The van der Waals surface area contributed by atoms with E-state index in [0.717, 1.165) is 60.6 Å². The Morgan fingerprint density at radius 2 is 0.719 bits per heavy atom. The molecule has 0 amide bonds. The largest absolute Gasteiger partial charge is 0.451 e. The van der Waals surface area contributed by atoms with Gasteiger partial charge in [-0.2, -0.15) is 0 Å². The maximum atomic E-state index is 6.84. The van der Waals surface area contributed by atoms with Crippen molar-refractivity contribution in [2.45, 2.75) is 0 Å². The lowest BCUT2D eigenvalue weighted by atomic mass is 9.91. The molecular formula is C54H32N2O. The van der Waals surface area contributed by atoms with Gasteiger partial charge in [-0.25, -0.2) is 9.97 Å². The fraction of sp³-hybridized carbons (Fsp3) is 0. The van der Waals surface area contributed by atoms with Gasteiger partial charge in [0.05, 0.1) is 5.39 Å². The Hall–Kier alpha value is -7.62. The molecule has 0 spiro atoms. The van der Waals surface area contributed by atoms with Gasteiger partial charge in [-0.05, 0) is 88.9 Å². The molecule has 0 unspecified atom stereocenters. The Bertz CT molecular complexity index is 3550. The highest BCUT2D eigenvalue weighted by molar-refractivity contribution is 6.30. The topological polar surface area (TPSA) is 38.9 Å². The number of furan rings is 1. The SMILES string of the molecule is c1ccc(-c2nc(-c3cccc(-c4cccc(-c5ccc6c7ccccc7c7ccccc7c6c5)c4)c3)nc3c2oc2c4ccccc4c4ccccc4c32)cc1. The third-order valence-electron chi connectivity index (χ3n) is 11.6. The minimum Gasteiger partial charge on any atom is -0.451 e. The summed E-state index contributed by atoms with van der Waals surface area (Å²) < 4.78 is 6.84. The van der Waals surface area contributed by atoms with Crippen molar-refractivity contribution in [1.29, 1.82) is 0 Å². The highest BCUT2D eigenvalue weighted by Gasteiger charge is 2.22. The van der Waals surface area contributed by atoms with Crippen molar-refractivity contribution in [2.75, 3.05) is 0 Å². The lowest BCUT2D eigenvalue weighted by Gasteiger charge is -2.13. The second-order valence-corrected chi connectivity index (χ2v) is 14.9. The second kappa shape index (κ2) is 12.5. The first kappa shape index (κ1) is 31.7. The molecule has 264 valence electrons. The van der Waals surface area contributed by atoms with Crippen molar-refractivity contribution in [3.05, 3.63) is 194 Å². The number of benzene rings is 10. The summed E-state index contributed by atoms with van der Waals surface area (Å²) in [5.74, 6) is 0.660. The lowest BCUT2D eigenvalue weighted by molar-refractivity contribution is 0.671. The predicted octanol–water partition coefficient (Wildman–Crippen LogP) is 14.8. The van der Waals surface area contributed by atoms with E-state index in [1.807, 2.05) is 18.2 Å². The van der Waals surface area contributed by atoms with Crippen LogP contribution in [0.25, 0.3) is 121 Å². The number of aromatic nitrogens is 2. The van der Waals surface area contributed by atoms with Crippen LogP contribution < -0.4 is 0 Å². The van der Waals surface area contributed by atoms with Crippen LogP contribution in [0.3, 0.4) is 0 Å². The zero-order valence-electron chi connectivity index (χ0n) is 30.8. The normalized spacial score (nSPS) is 11.9. The first-order valence-corrected chi connectivity index (χ1v) is 19.4. The van der Waals surface area contributed by atoms with E-state index in [1.54, 1.807) is 0 Å². The third-order valence-corrected chi connectivity index (χ3v) is 11.6. The molecule has 0 bridgehead atoms. The van der Waals surface area contributed by atoms with E-state index in [-0.39, 0.29) is 0 Å². The average molecular weight is 725 g/mol. The van der Waals surface area contributed by atoms with Crippen LogP contribution in [-0.2, 0) is 0 Å². The minimum absolute atomic E-state index is 0.660. The Kier molecular flexibility index (Phi) is 6.93. The maximum absolute atomic E-state index is 6.84. The second-order valence-electron chi connectivity index (χ2n) is 14.9. The number of hydrogen-bond donors (Lipinski definition) is 0. The van der Waals surface area contributed by atoms with Crippen LogP contribution in [0.2, 0.25) is 0 Å². The predicted molar refractivity (Wildman–Crippen MR) is 239 cm³/mol. The molecule has 0 fully saturated rings. The van der Waals surface area contributed by atoms with E-state index in [1.165, 1.54) is 48.8 Å². The van der Waals surface area contributed by atoms with Crippen molar-refractivity contribution < 1.29 is 4.42 Å². The van der Waals surface area contributed by atoms with Gasteiger partial charge in [0.2, 0.25) is 0 Å². The molecule has 3 heteroatoms. The molecule has 0 atom stereocenters. The van der Waals surface area contributed by atoms with E-state index in [4.69, 9.17) is 14.4 Å². The summed E-state index contributed by atoms with van der Waals surface area (Å²) in [5.41, 5.74) is 9.66. The summed E-state index contributed by atoms with van der Waals surface area (Å²) in [6.45, 7) is 0. The van der Waals surface area contributed by atoms with Crippen molar-refractivity contribution in [3.8, 4) is 44.9 Å². The van der Waals surface area contributed by atoms with Crippen molar-refractivity contribution in [1.82, 2.24) is 9.97 Å². The highest BCUT2D eigenvalue weighted by Crippen LogP contribution is 2.43. The fourth-order valence-electron chi connectivity index (χ4n) is 8.99. The smallest absolute Gasteiger partial charge is 0.180 e. The quantitative estimate of drug-likeness (QED) is 0.170. The van der Waals surface area contributed by atoms with Gasteiger partial charge in [0.15, 0.2) is 11.4 Å². The fourth-order valence-corrected chi connectivity index (χ4v) is 8.99. The standard InChI is InChI=1S/C54H32N2O/c1-2-14-33(15-3-1)50-53-51(49-46-26-10-8-23-42(46)43-24-9-11-27-47(43)52(49)57-53)56-54(55-50)38-19-13-18-36(31-38)34-16-12-17-35(30-34)37-28-29-45-41-22-5-4-20-39(41)40-21-6-7-25-44(40)48(45)32-37/h1-32H. The Labute approximate surface area is 328 Å². The lowest BCUT2D eigenvalue weighted by Crippen LogP contribution is -1.94. The van der Waals surface area contributed by atoms with Crippen molar-refractivity contribution in [2.24, 2.45) is 0 Å². The van der Waals surface area contributed by atoms with E-state index in [0.29, 0.717) is 11.4 Å². The summed E-state index contributed by atoms with van der Waals surface area (Å²) in [4.78, 5) is 10.6. The summed E-state index contributed by atoms with van der Waals surface area (Å²) in [6, 6.07) is 69.2. The average Bonchev–Trinajstić information content (AvgIpc) is 3.69. The van der Waals surface area contributed by atoms with Crippen LogP contribution in [0.1, 0.15) is 0 Å². The first-order chi connectivity index (χ1) is 28.3. The summed E-state index contributed by atoms with van der Waals surface area (Å²) in [6.07, 6.45) is 0. The third kappa shape index (κ3) is 4.92. The van der Waals surface area contributed by atoms with Crippen LogP contribution in [0.15, 0.2) is 199 Å². The van der Waals surface area contributed by atoms with Gasteiger partial charge < -0.3 is 4.42 Å². The monoisotopic (exact) mass is 724 g/mol. The Morgan fingerprint density at radius 3 is 1.35 bits per heavy atom. The van der Waals surface area contributed by atoms with Gasteiger partial charge in [-0.1, -0.05) is 176 Å². The van der Waals surface area contributed by atoms with Gasteiger partial charge in [-0.3, -0.25) is 0 Å². The molecule has 3 nitrogen and oxygen atoms in total. The van der Waals surface area contributed by atoms with Crippen molar-refractivity contribution in [3.63, 3.8) is 0 Å². The first-order valence-electron chi connectivity index (χ1n) is 19.4. The Balaban J connectivity index is 1.03. The molecule has 0 aliphatic heterocycles.